The van der Waals surface area contributed by atoms with Gasteiger partial charge in [0, 0.05) is 18.4 Å². The topological polar surface area (TPSA) is 85.5 Å². The van der Waals surface area contributed by atoms with Crippen LogP contribution in [0.4, 0.5) is 0 Å². The van der Waals surface area contributed by atoms with Gasteiger partial charge in [-0.3, -0.25) is 4.79 Å². The summed E-state index contributed by atoms with van der Waals surface area (Å²) in [5.74, 6) is 0.947. The Morgan fingerprint density at radius 2 is 2.24 bits per heavy atom. The zero-order valence-electron chi connectivity index (χ0n) is 11.7. The van der Waals surface area contributed by atoms with Gasteiger partial charge >= 0.3 is 5.97 Å². The quantitative estimate of drug-likeness (QED) is 0.908. The first-order valence-corrected chi connectivity index (χ1v) is 6.89. The van der Waals surface area contributed by atoms with Crippen molar-refractivity contribution in [1.29, 1.82) is 0 Å². The molecule has 0 amide bonds. The van der Waals surface area contributed by atoms with Gasteiger partial charge in [-0.25, -0.2) is 0 Å². The van der Waals surface area contributed by atoms with E-state index in [0.29, 0.717) is 24.8 Å². The molecular formula is C15H16N2O4. The average molecular weight is 288 g/mol. The maximum absolute atomic E-state index is 10.7. The Labute approximate surface area is 121 Å². The molecule has 1 N–H and O–H groups in total. The molecule has 1 aliphatic rings. The van der Waals surface area contributed by atoms with Gasteiger partial charge in [-0.2, -0.15) is 0 Å². The van der Waals surface area contributed by atoms with Crippen molar-refractivity contribution < 1.29 is 19.1 Å². The molecule has 1 aromatic heterocycles. The number of aromatic nitrogens is 2. The number of ether oxygens (including phenoxy) is 1. The van der Waals surface area contributed by atoms with E-state index in [2.05, 4.69) is 10.2 Å². The number of hydrogen-bond acceptors (Lipinski definition) is 5. The molecule has 3 rings (SSSR count). The smallest absolute Gasteiger partial charge is 0.303 e. The highest BCUT2D eigenvalue weighted by Crippen LogP contribution is 2.37. The van der Waals surface area contributed by atoms with Crippen LogP contribution in [0.1, 0.15) is 36.6 Å². The van der Waals surface area contributed by atoms with Crippen molar-refractivity contribution in [2.24, 2.45) is 5.92 Å². The van der Waals surface area contributed by atoms with E-state index in [1.807, 2.05) is 31.2 Å². The minimum absolute atomic E-state index is 0.0390. The normalized spacial score (nSPS) is 18.0. The average Bonchev–Trinajstić information content (AvgIpc) is 3.03. The van der Waals surface area contributed by atoms with E-state index < -0.39 is 5.97 Å². The Morgan fingerprint density at radius 1 is 1.43 bits per heavy atom. The summed E-state index contributed by atoms with van der Waals surface area (Å²) in [5.41, 5.74) is 1.05. The van der Waals surface area contributed by atoms with Gasteiger partial charge < -0.3 is 14.3 Å². The van der Waals surface area contributed by atoms with E-state index in [1.54, 1.807) is 0 Å². The van der Waals surface area contributed by atoms with Crippen molar-refractivity contribution in [2.45, 2.75) is 25.7 Å². The molecule has 0 fully saturated rings. The lowest BCUT2D eigenvalue weighted by molar-refractivity contribution is -0.137. The van der Waals surface area contributed by atoms with Gasteiger partial charge in [0.15, 0.2) is 0 Å². The van der Waals surface area contributed by atoms with E-state index in [-0.39, 0.29) is 18.3 Å². The summed E-state index contributed by atoms with van der Waals surface area (Å²) in [4.78, 5) is 10.7. The highest BCUT2D eigenvalue weighted by atomic mass is 16.5. The third-order valence-electron chi connectivity index (χ3n) is 3.53. The Bertz CT molecular complexity index is 653. The number of benzene rings is 1. The first kappa shape index (κ1) is 13.6. The second-order valence-corrected chi connectivity index (χ2v) is 5.34. The van der Waals surface area contributed by atoms with Crippen LogP contribution >= 0.6 is 0 Å². The lowest BCUT2D eigenvalue weighted by atomic mass is 10.0. The number of carboxylic acid groups (broad SMARTS) is 1. The second-order valence-electron chi connectivity index (χ2n) is 5.34. The van der Waals surface area contributed by atoms with Crippen LogP contribution in [0.2, 0.25) is 0 Å². The maximum atomic E-state index is 10.7. The number of carbonyl (C=O) groups is 1. The summed E-state index contributed by atoms with van der Waals surface area (Å²) in [6.45, 7) is 2.34. The fourth-order valence-electron chi connectivity index (χ4n) is 2.53. The van der Waals surface area contributed by atoms with E-state index in [4.69, 9.17) is 14.3 Å². The molecule has 2 aromatic rings. The van der Waals surface area contributed by atoms with Crippen molar-refractivity contribution >= 4 is 5.97 Å². The molecule has 0 saturated carbocycles. The van der Waals surface area contributed by atoms with E-state index >= 15 is 0 Å². The molecule has 6 nitrogen and oxygen atoms in total. The number of carboxylic acids is 1. The van der Waals surface area contributed by atoms with Gasteiger partial charge in [0.1, 0.15) is 12.4 Å². The number of nitrogens with zero attached hydrogens (tertiary/aromatic N) is 2. The number of para-hydroxylation sites is 1. The molecule has 0 bridgehead atoms. The van der Waals surface area contributed by atoms with Crippen molar-refractivity contribution in [3.8, 4) is 5.75 Å². The molecule has 6 heteroatoms. The SMILES string of the molecule is CC(CC(=O)O)Cc1nnc(C2COc3ccccc32)o1. The molecule has 2 atom stereocenters. The van der Waals surface area contributed by atoms with Gasteiger partial charge in [0.25, 0.3) is 0 Å². The number of rotatable bonds is 5. The first-order chi connectivity index (χ1) is 10.1. The number of aliphatic carboxylic acids is 1. The third kappa shape index (κ3) is 2.89. The third-order valence-corrected chi connectivity index (χ3v) is 3.53. The summed E-state index contributed by atoms with van der Waals surface area (Å²) in [7, 11) is 0. The van der Waals surface area contributed by atoms with Crippen LogP contribution in [0.25, 0.3) is 0 Å². The van der Waals surface area contributed by atoms with Crippen LogP contribution in [0.5, 0.6) is 5.75 Å². The summed E-state index contributed by atoms with van der Waals surface area (Å²) >= 11 is 0. The molecule has 1 aliphatic heterocycles. The van der Waals surface area contributed by atoms with Crippen LogP contribution in [0.15, 0.2) is 28.7 Å². The van der Waals surface area contributed by atoms with Gasteiger partial charge in [0.2, 0.25) is 11.8 Å². The number of hydrogen-bond donors (Lipinski definition) is 1. The Hall–Kier alpha value is -2.37. The molecule has 0 spiro atoms. The first-order valence-electron chi connectivity index (χ1n) is 6.89. The van der Waals surface area contributed by atoms with Gasteiger partial charge in [0.05, 0.1) is 5.92 Å². The Balaban J connectivity index is 1.73. The second kappa shape index (κ2) is 5.55. The summed E-state index contributed by atoms with van der Waals surface area (Å²) in [6, 6.07) is 7.78. The van der Waals surface area contributed by atoms with Crippen LogP contribution in [0.3, 0.4) is 0 Å². The predicted octanol–water partition coefficient (Wildman–Crippen LogP) is 2.25. The fraction of sp³-hybridized carbons (Fsp3) is 0.400. The van der Waals surface area contributed by atoms with Crippen molar-refractivity contribution in [2.75, 3.05) is 6.61 Å². The molecule has 0 saturated heterocycles. The number of fused-ring (bicyclic) bond motifs is 1. The minimum atomic E-state index is -0.819. The van der Waals surface area contributed by atoms with Crippen LogP contribution < -0.4 is 4.74 Å². The Kier molecular flexibility index (Phi) is 3.60. The van der Waals surface area contributed by atoms with Crippen molar-refractivity contribution in [1.82, 2.24) is 10.2 Å². The summed E-state index contributed by atoms with van der Waals surface area (Å²) in [6.07, 6.45) is 0.557. The fourth-order valence-corrected chi connectivity index (χ4v) is 2.53. The van der Waals surface area contributed by atoms with E-state index in [0.717, 1.165) is 11.3 Å². The van der Waals surface area contributed by atoms with Crippen LogP contribution in [-0.2, 0) is 11.2 Å². The lowest BCUT2D eigenvalue weighted by Crippen LogP contribution is -2.07. The standard InChI is InChI=1S/C15H16N2O4/c1-9(7-14(18)19)6-13-16-17-15(21-13)11-8-20-12-5-3-2-4-10(11)12/h2-5,9,11H,6-8H2,1H3,(H,18,19). The van der Waals surface area contributed by atoms with Crippen molar-refractivity contribution in [3.05, 3.63) is 41.6 Å². The molecule has 0 radical (unpaired) electrons. The largest absolute Gasteiger partial charge is 0.492 e. The zero-order chi connectivity index (χ0) is 14.8. The minimum Gasteiger partial charge on any atom is -0.492 e. The van der Waals surface area contributed by atoms with E-state index in [9.17, 15) is 4.79 Å². The van der Waals surface area contributed by atoms with Gasteiger partial charge in [-0.05, 0) is 12.0 Å². The highest BCUT2D eigenvalue weighted by molar-refractivity contribution is 5.66. The molecular weight excluding hydrogens is 272 g/mol. The molecule has 1 aromatic carbocycles. The van der Waals surface area contributed by atoms with Gasteiger partial charge in [-0.15, -0.1) is 10.2 Å². The molecule has 2 unspecified atom stereocenters. The van der Waals surface area contributed by atoms with E-state index in [1.165, 1.54) is 0 Å². The summed E-state index contributed by atoms with van der Waals surface area (Å²) < 4.78 is 11.3. The summed E-state index contributed by atoms with van der Waals surface area (Å²) in [5, 5.41) is 16.9. The molecule has 0 aliphatic carbocycles. The van der Waals surface area contributed by atoms with Gasteiger partial charge in [-0.1, -0.05) is 25.1 Å². The monoisotopic (exact) mass is 288 g/mol. The zero-order valence-corrected chi connectivity index (χ0v) is 11.7. The van der Waals surface area contributed by atoms with Crippen LogP contribution in [-0.4, -0.2) is 27.9 Å². The van der Waals surface area contributed by atoms with Crippen molar-refractivity contribution in [3.63, 3.8) is 0 Å². The highest BCUT2D eigenvalue weighted by Gasteiger charge is 2.30. The molecule has 110 valence electrons. The lowest BCUT2D eigenvalue weighted by Gasteiger charge is -2.04. The van der Waals surface area contributed by atoms with Crippen LogP contribution in [0, 0.1) is 5.92 Å². The molecule has 21 heavy (non-hydrogen) atoms. The predicted molar refractivity (Wildman–Crippen MR) is 73.2 cm³/mol. The Morgan fingerprint density at radius 3 is 3.05 bits per heavy atom. The molecule has 2 heterocycles. The maximum Gasteiger partial charge on any atom is 0.303 e.